The maximum absolute atomic E-state index is 13.1. The average Bonchev–Trinajstić information content (AvgIpc) is 3.52. The van der Waals surface area contributed by atoms with Gasteiger partial charge in [0.05, 0.1) is 32.1 Å². The minimum Gasteiger partial charge on any atom is -0.493 e. The first-order valence-corrected chi connectivity index (χ1v) is 11.9. The van der Waals surface area contributed by atoms with Crippen LogP contribution in [0.15, 0.2) is 41.0 Å². The molecule has 0 saturated heterocycles. The van der Waals surface area contributed by atoms with E-state index in [2.05, 4.69) is 10.6 Å². The van der Waals surface area contributed by atoms with Gasteiger partial charge >= 0.3 is 12.1 Å². The van der Waals surface area contributed by atoms with Crippen LogP contribution < -0.4 is 20.1 Å². The van der Waals surface area contributed by atoms with E-state index in [0.29, 0.717) is 37.4 Å². The number of furan rings is 1. The Morgan fingerprint density at radius 3 is 2.83 bits per heavy atom. The van der Waals surface area contributed by atoms with E-state index < -0.39 is 12.1 Å². The van der Waals surface area contributed by atoms with Crippen LogP contribution in [0.3, 0.4) is 0 Å². The number of methoxy groups -OCH3 is 1. The molecule has 5 rings (SSSR count). The Morgan fingerprint density at radius 1 is 1.23 bits per heavy atom. The molecule has 2 aliphatic rings. The minimum absolute atomic E-state index is 0.0769. The van der Waals surface area contributed by atoms with Crippen LogP contribution in [0.5, 0.6) is 11.5 Å². The average molecular weight is 498 g/mol. The number of hydrogen-bond acceptors (Lipinski definition) is 9. The Labute approximate surface area is 204 Å². The largest absolute Gasteiger partial charge is 0.493 e. The van der Waals surface area contributed by atoms with E-state index in [9.17, 15) is 14.4 Å². The van der Waals surface area contributed by atoms with Crippen molar-refractivity contribution >= 4 is 34.3 Å². The van der Waals surface area contributed by atoms with E-state index in [0.717, 1.165) is 21.0 Å². The second-order valence-corrected chi connectivity index (χ2v) is 9.01. The van der Waals surface area contributed by atoms with Gasteiger partial charge in [-0.25, -0.2) is 9.59 Å². The Kier molecular flexibility index (Phi) is 6.08. The van der Waals surface area contributed by atoms with Crippen LogP contribution in [0, 0.1) is 0 Å². The second kappa shape index (κ2) is 9.34. The van der Waals surface area contributed by atoms with Crippen LogP contribution in [-0.4, -0.2) is 43.1 Å². The van der Waals surface area contributed by atoms with Crippen molar-refractivity contribution in [1.29, 1.82) is 0 Å². The first-order valence-electron chi connectivity index (χ1n) is 11.1. The number of esters is 1. The molecular weight excluding hydrogens is 474 g/mol. The number of anilines is 1. The van der Waals surface area contributed by atoms with Crippen molar-refractivity contribution < 1.29 is 33.0 Å². The van der Waals surface area contributed by atoms with Crippen LogP contribution in [0.4, 0.5) is 9.80 Å². The summed E-state index contributed by atoms with van der Waals surface area (Å²) in [6.45, 7) is 3.01. The highest BCUT2D eigenvalue weighted by Crippen LogP contribution is 2.41. The van der Waals surface area contributed by atoms with Gasteiger partial charge in [-0.1, -0.05) is 6.07 Å². The lowest BCUT2D eigenvalue weighted by molar-refractivity contribution is 0.0696. The molecule has 1 aromatic carbocycles. The summed E-state index contributed by atoms with van der Waals surface area (Å²) in [6, 6.07) is 8.15. The molecule has 11 heteroatoms. The molecule has 1 unspecified atom stereocenters. The molecular formula is C24H23N3O7S. The number of nitrogens with zero attached hydrogens (tertiary/aromatic N) is 1. The van der Waals surface area contributed by atoms with Crippen molar-refractivity contribution in [2.75, 3.05) is 25.6 Å². The third-order valence-electron chi connectivity index (χ3n) is 5.81. The van der Waals surface area contributed by atoms with Crippen molar-refractivity contribution in [2.45, 2.75) is 26.1 Å². The Hall–Kier alpha value is -3.99. The van der Waals surface area contributed by atoms with Gasteiger partial charge in [0.1, 0.15) is 11.2 Å². The van der Waals surface area contributed by atoms with Crippen molar-refractivity contribution in [3.63, 3.8) is 0 Å². The van der Waals surface area contributed by atoms with Crippen LogP contribution >= 0.6 is 11.3 Å². The fraction of sp³-hybridized carbons (Fsp3) is 0.292. The number of fused-ring (bicyclic) bond motifs is 3. The maximum Gasteiger partial charge on any atom is 0.410 e. The molecule has 4 heterocycles. The molecule has 0 fully saturated rings. The van der Waals surface area contributed by atoms with Gasteiger partial charge in [0.25, 0.3) is 5.91 Å². The maximum atomic E-state index is 13.1. The van der Waals surface area contributed by atoms with Crippen molar-refractivity contribution in [2.24, 2.45) is 0 Å². The molecule has 2 N–H and O–H groups in total. The van der Waals surface area contributed by atoms with E-state index in [1.54, 1.807) is 36.1 Å². The molecule has 2 aliphatic heterocycles. The number of thiophene rings is 1. The molecule has 35 heavy (non-hydrogen) atoms. The van der Waals surface area contributed by atoms with Crippen LogP contribution in [0.1, 0.15) is 50.0 Å². The molecule has 182 valence electrons. The number of amides is 2. The van der Waals surface area contributed by atoms with Gasteiger partial charge in [-0.3, -0.25) is 4.79 Å². The number of rotatable bonds is 5. The molecule has 0 saturated carbocycles. The van der Waals surface area contributed by atoms with Gasteiger partial charge in [-0.2, -0.15) is 0 Å². The number of ether oxygens (including phenoxy) is 3. The predicted octanol–water partition coefficient (Wildman–Crippen LogP) is 3.94. The van der Waals surface area contributed by atoms with Gasteiger partial charge in [0.2, 0.25) is 5.76 Å². The monoisotopic (exact) mass is 497 g/mol. The Balaban J connectivity index is 1.36. The summed E-state index contributed by atoms with van der Waals surface area (Å²) in [7, 11) is 1.47. The number of carbonyl (C=O) groups is 3. The van der Waals surface area contributed by atoms with E-state index in [4.69, 9.17) is 18.6 Å². The second-order valence-electron chi connectivity index (χ2n) is 7.91. The molecule has 0 radical (unpaired) electrons. The summed E-state index contributed by atoms with van der Waals surface area (Å²) >= 11 is 1.47. The lowest BCUT2D eigenvalue weighted by Gasteiger charge is -2.28. The topological polar surface area (TPSA) is 119 Å². The molecule has 10 nitrogen and oxygen atoms in total. The summed E-state index contributed by atoms with van der Waals surface area (Å²) < 4.78 is 21.0. The zero-order valence-electron chi connectivity index (χ0n) is 19.1. The standard InChI is InChI=1S/C24H23N3O7S/c1-3-32-24(30)27-9-8-14-18(12-27)35-22-19(14)21(28)25-20(26-22)13-6-7-15(17(11-13)31-2)34-23(29)16-5-4-10-33-16/h4-7,10-11,20,26H,3,8-9,12H2,1-2H3,(H,25,28). The molecule has 2 amide bonds. The predicted molar refractivity (Wildman–Crippen MR) is 126 cm³/mol. The normalized spacial score (nSPS) is 16.5. The summed E-state index contributed by atoms with van der Waals surface area (Å²) in [5, 5.41) is 7.12. The Bertz CT molecular complexity index is 1280. The molecule has 1 atom stereocenters. The lowest BCUT2D eigenvalue weighted by Crippen LogP contribution is -2.39. The fourth-order valence-corrected chi connectivity index (χ4v) is 5.43. The third kappa shape index (κ3) is 4.30. The first-order chi connectivity index (χ1) is 17.0. The SMILES string of the molecule is CCOC(=O)N1CCc2c(sc3c2C(=O)NC(c2ccc(OC(=O)c4ccco4)c(OC)c2)N3)C1. The van der Waals surface area contributed by atoms with Crippen molar-refractivity contribution in [3.05, 3.63) is 63.9 Å². The number of hydrogen-bond donors (Lipinski definition) is 2. The molecule has 3 aromatic rings. The third-order valence-corrected chi connectivity index (χ3v) is 6.95. The number of nitrogens with one attached hydrogen (secondary N) is 2. The quantitative estimate of drug-likeness (QED) is 0.402. The highest BCUT2D eigenvalue weighted by molar-refractivity contribution is 7.16. The summed E-state index contributed by atoms with van der Waals surface area (Å²) in [5.41, 5.74) is 2.31. The van der Waals surface area contributed by atoms with Gasteiger partial charge in [0.15, 0.2) is 11.5 Å². The van der Waals surface area contributed by atoms with Gasteiger partial charge in [-0.15, -0.1) is 11.3 Å². The zero-order chi connectivity index (χ0) is 24.5. The number of benzene rings is 1. The van der Waals surface area contributed by atoms with Crippen LogP contribution in [-0.2, 0) is 17.7 Å². The van der Waals surface area contributed by atoms with Gasteiger partial charge in [-0.05, 0) is 48.7 Å². The zero-order valence-corrected chi connectivity index (χ0v) is 19.9. The van der Waals surface area contributed by atoms with E-state index in [1.165, 1.54) is 30.8 Å². The van der Waals surface area contributed by atoms with Gasteiger partial charge < -0.3 is 34.2 Å². The van der Waals surface area contributed by atoms with Crippen molar-refractivity contribution in [3.8, 4) is 11.5 Å². The van der Waals surface area contributed by atoms with Gasteiger partial charge in [0, 0.05) is 11.4 Å². The number of carbonyl (C=O) groups excluding carboxylic acids is 3. The molecule has 2 aromatic heterocycles. The summed E-state index contributed by atoms with van der Waals surface area (Å²) in [4.78, 5) is 40.1. The van der Waals surface area contributed by atoms with E-state index >= 15 is 0 Å². The van der Waals surface area contributed by atoms with Crippen molar-refractivity contribution in [1.82, 2.24) is 10.2 Å². The first kappa shape index (κ1) is 22.8. The highest BCUT2D eigenvalue weighted by atomic mass is 32.1. The van der Waals surface area contributed by atoms with Crippen LogP contribution in [0.2, 0.25) is 0 Å². The highest BCUT2D eigenvalue weighted by Gasteiger charge is 2.34. The smallest absolute Gasteiger partial charge is 0.410 e. The Morgan fingerprint density at radius 2 is 2.09 bits per heavy atom. The molecule has 0 spiro atoms. The minimum atomic E-state index is -0.643. The van der Waals surface area contributed by atoms with E-state index in [-0.39, 0.29) is 23.5 Å². The fourth-order valence-electron chi connectivity index (χ4n) is 4.15. The molecule has 0 aliphatic carbocycles. The lowest BCUT2D eigenvalue weighted by atomic mass is 10.0. The molecule has 0 bridgehead atoms. The van der Waals surface area contributed by atoms with E-state index in [1.807, 2.05) is 0 Å². The summed E-state index contributed by atoms with van der Waals surface area (Å²) in [6.07, 6.45) is 1.11. The van der Waals surface area contributed by atoms with Crippen LogP contribution in [0.25, 0.3) is 0 Å². The summed E-state index contributed by atoms with van der Waals surface area (Å²) in [5.74, 6) is -0.187.